The summed E-state index contributed by atoms with van der Waals surface area (Å²) in [7, 11) is 0. The van der Waals surface area contributed by atoms with Gasteiger partial charge in [0.2, 0.25) is 5.91 Å². The van der Waals surface area contributed by atoms with Crippen LogP contribution in [0.3, 0.4) is 0 Å². The average molecular weight is 288 g/mol. The second kappa shape index (κ2) is 6.93. The predicted molar refractivity (Wildman–Crippen MR) is 66.7 cm³/mol. The van der Waals surface area contributed by atoms with E-state index in [9.17, 15) is 22.8 Å². The van der Waals surface area contributed by atoms with Crippen LogP contribution >= 0.6 is 0 Å². The molecule has 0 fully saturated rings. The van der Waals surface area contributed by atoms with E-state index in [0.717, 1.165) is 5.56 Å². The Bertz CT molecular complexity index is 460. The molecule has 0 radical (unpaired) electrons. The number of benzene rings is 1. The van der Waals surface area contributed by atoms with Gasteiger partial charge in [0.15, 0.2) is 0 Å². The van der Waals surface area contributed by atoms with Gasteiger partial charge in [0.1, 0.15) is 0 Å². The van der Waals surface area contributed by atoms with Crippen LogP contribution in [0.4, 0.5) is 13.2 Å². The van der Waals surface area contributed by atoms with E-state index in [2.05, 4.69) is 5.32 Å². The molecular weight excluding hydrogens is 273 g/mol. The Hall–Kier alpha value is -2.05. The molecule has 0 saturated carbocycles. The lowest BCUT2D eigenvalue weighted by molar-refractivity contribution is -0.173. The van der Waals surface area contributed by atoms with Crippen molar-refractivity contribution < 1.29 is 22.8 Å². The van der Waals surface area contributed by atoms with E-state index in [1.54, 1.807) is 12.2 Å². The average Bonchev–Trinajstić information content (AvgIpc) is 2.38. The fourth-order valence-electron chi connectivity index (χ4n) is 1.53. The number of alkyl halides is 3. The summed E-state index contributed by atoms with van der Waals surface area (Å²) in [4.78, 5) is 22.0. The summed E-state index contributed by atoms with van der Waals surface area (Å²) in [6.07, 6.45) is -5.13. The fourth-order valence-corrected chi connectivity index (χ4v) is 1.53. The van der Waals surface area contributed by atoms with Crippen molar-refractivity contribution >= 4 is 11.8 Å². The number of halogens is 3. The molecule has 1 unspecified atom stereocenters. The highest BCUT2D eigenvalue weighted by Gasteiger charge is 2.38. The van der Waals surface area contributed by atoms with Crippen molar-refractivity contribution in [3.63, 3.8) is 0 Å². The lowest BCUT2D eigenvalue weighted by Crippen LogP contribution is -2.39. The van der Waals surface area contributed by atoms with Gasteiger partial charge in [-0.1, -0.05) is 30.3 Å². The van der Waals surface area contributed by atoms with E-state index in [0.29, 0.717) is 0 Å². The molecule has 2 N–H and O–H groups in total. The van der Waals surface area contributed by atoms with Crippen molar-refractivity contribution in [1.29, 1.82) is 0 Å². The van der Waals surface area contributed by atoms with E-state index in [1.165, 1.54) is 0 Å². The van der Waals surface area contributed by atoms with Crippen molar-refractivity contribution in [2.75, 3.05) is 6.54 Å². The standard InChI is InChI=1S/C13H15F3N2O2/c1-9(10-5-3-2-4-6-10)18-11(19)7-8-17-12(20)13(14,15)16/h2-6,9H,7-8H2,1H3,(H,17,20)(H,18,19). The van der Waals surface area contributed by atoms with Gasteiger partial charge in [-0.15, -0.1) is 0 Å². The minimum Gasteiger partial charge on any atom is -0.350 e. The Morgan fingerprint density at radius 2 is 1.80 bits per heavy atom. The first-order valence-corrected chi connectivity index (χ1v) is 6.00. The van der Waals surface area contributed by atoms with Crippen LogP contribution in [-0.2, 0) is 9.59 Å². The van der Waals surface area contributed by atoms with Crippen molar-refractivity contribution in [2.45, 2.75) is 25.6 Å². The normalized spacial score (nSPS) is 12.6. The number of amides is 2. The molecule has 0 aromatic heterocycles. The zero-order chi connectivity index (χ0) is 15.2. The lowest BCUT2D eigenvalue weighted by atomic mass is 10.1. The number of hydrogen-bond acceptors (Lipinski definition) is 2. The topological polar surface area (TPSA) is 58.2 Å². The second-order valence-electron chi connectivity index (χ2n) is 4.20. The molecule has 0 aliphatic rings. The van der Waals surface area contributed by atoms with Crippen LogP contribution in [0.25, 0.3) is 0 Å². The second-order valence-corrected chi connectivity index (χ2v) is 4.20. The molecule has 110 valence electrons. The molecule has 0 heterocycles. The summed E-state index contributed by atoms with van der Waals surface area (Å²) in [5.74, 6) is -2.47. The molecule has 1 aromatic rings. The Labute approximate surface area is 114 Å². The van der Waals surface area contributed by atoms with Gasteiger partial charge in [-0.3, -0.25) is 9.59 Å². The van der Waals surface area contributed by atoms with E-state index in [-0.39, 0.29) is 19.0 Å². The third-order valence-electron chi connectivity index (χ3n) is 2.57. The number of rotatable bonds is 5. The smallest absolute Gasteiger partial charge is 0.350 e. The molecule has 1 rings (SSSR count). The van der Waals surface area contributed by atoms with Gasteiger partial charge in [0, 0.05) is 13.0 Å². The highest BCUT2D eigenvalue weighted by molar-refractivity contribution is 5.82. The highest BCUT2D eigenvalue weighted by atomic mass is 19.4. The maximum Gasteiger partial charge on any atom is 0.471 e. The first-order chi connectivity index (χ1) is 9.30. The fraction of sp³-hybridized carbons (Fsp3) is 0.385. The van der Waals surface area contributed by atoms with Crippen molar-refractivity contribution in [3.05, 3.63) is 35.9 Å². The van der Waals surface area contributed by atoms with Gasteiger partial charge in [0.05, 0.1) is 6.04 Å². The monoisotopic (exact) mass is 288 g/mol. The Morgan fingerprint density at radius 3 is 2.35 bits per heavy atom. The maximum atomic E-state index is 11.9. The van der Waals surface area contributed by atoms with Crippen molar-refractivity contribution in [1.82, 2.24) is 10.6 Å². The highest BCUT2D eigenvalue weighted by Crippen LogP contribution is 2.14. The van der Waals surface area contributed by atoms with Crippen LogP contribution in [-0.4, -0.2) is 24.5 Å². The summed E-state index contributed by atoms with van der Waals surface area (Å²) in [6.45, 7) is 1.41. The molecule has 1 aromatic carbocycles. The van der Waals surface area contributed by atoms with Gasteiger partial charge in [-0.25, -0.2) is 0 Å². The summed E-state index contributed by atoms with van der Waals surface area (Å²) in [6, 6.07) is 8.89. The van der Waals surface area contributed by atoms with Crippen molar-refractivity contribution in [3.8, 4) is 0 Å². The first-order valence-electron chi connectivity index (χ1n) is 6.00. The first kappa shape index (κ1) is 16.0. The number of carbonyl (C=O) groups excluding carboxylic acids is 2. The molecule has 20 heavy (non-hydrogen) atoms. The number of nitrogens with one attached hydrogen (secondary N) is 2. The molecule has 1 atom stereocenters. The molecule has 0 aliphatic heterocycles. The van der Waals surface area contributed by atoms with Crippen LogP contribution in [0.1, 0.15) is 24.9 Å². The SMILES string of the molecule is CC(NC(=O)CCNC(=O)C(F)(F)F)c1ccccc1. The van der Waals surface area contributed by atoms with Gasteiger partial charge in [0.25, 0.3) is 0 Å². The summed E-state index contributed by atoms with van der Waals surface area (Å²) in [5, 5.41) is 4.28. The van der Waals surface area contributed by atoms with Crippen LogP contribution in [0, 0.1) is 0 Å². The van der Waals surface area contributed by atoms with Crippen LogP contribution in [0.5, 0.6) is 0 Å². The molecule has 4 nitrogen and oxygen atoms in total. The maximum absolute atomic E-state index is 11.9. The van der Waals surface area contributed by atoms with E-state index in [4.69, 9.17) is 0 Å². The number of carbonyl (C=O) groups is 2. The molecule has 2 amide bonds. The largest absolute Gasteiger partial charge is 0.471 e. The summed E-state index contributed by atoms with van der Waals surface area (Å²) >= 11 is 0. The minimum absolute atomic E-state index is 0.209. The number of hydrogen-bond donors (Lipinski definition) is 2. The predicted octanol–water partition coefficient (Wildman–Crippen LogP) is 1.93. The van der Waals surface area contributed by atoms with Gasteiger partial charge in [-0.2, -0.15) is 13.2 Å². The zero-order valence-electron chi connectivity index (χ0n) is 10.8. The Balaban J connectivity index is 2.33. The van der Waals surface area contributed by atoms with Crippen LogP contribution in [0.2, 0.25) is 0 Å². The van der Waals surface area contributed by atoms with Crippen LogP contribution < -0.4 is 10.6 Å². The molecule has 0 bridgehead atoms. The van der Waals surface area contributed by atoms with E-state index in [1.807, 2.05) is 30.3 Å². The molecule has 0 aliphatic carbocycles. The van der Waals surface area contributed by atoms with E-state index >= 15 is 0 Å². The van der Waals surface area contributed by atoms with Crippen LogP contribution in [0.15, 0.2) is 30.3 Å². The third-order valence-corrected chi connectivity index (χ3v) is 2.57. The zero-order valence-corrected chi connectivity index (χ0v) is 10.8. The summed E-state index contributed by atoms with van der Waals surface area (Å²) in [5.41, 5.74) is 0.889. The van der Waals surface area contributed by atoms with Gasteiger partial charge in [-0.05, 0) is 12.5 Å². The summed E-state index contributed by atoms with van der Waals surface area (Å²) < 4.78 is 35.7. The molecule has 0 spiro atoms. The van der Waals surface area contributed by atoms with Gasteiger partial charge < -0.3 is 10.6 Å². The molecule has 7 heteroatoms. The molecule has 0 saturated heterocycles. The van der Waals surface area contributed by atoms with Gasteiger partial charge >= 0.3 is 12.1 Å². The minimum atomic E-state index is -4.92. The quantitative estimate of drug-likeness (QED) is 0.870. The Morgan fingerprint density at radius 1 is 1.20 bits per heavy atom. The van der Waals surface area contributed by atoms with Crippen molar-refractivity contribution in [2.24, 2.45) is 0 Å². The third kappa shape index (κ3) is 5.29. The van der Waals surface area contributed by atoms with E-state index < -0.39 is 18.0 Å². The Kier molecular flexibility index (Phi) is 5.54. The molecular formula is C13H15F3N2O2. The lowest BCUT2D eigenvalue weighted by Gasteiger charge is -2.14.